The smallest absolute Gasteiger partial charge is 0.00273 e. The van der Waals surface area contributed by atoms with Crippen LogP contribution in [0.4, 0.5) is 0 Å². The van der Waals surface area contributed by atoms with Crippen molar-refractivity contribution >= 4 is 27.6 Å². The van der Waals surface area contributed by atoms with Gasteiger partial charge in [-0.05, 0) is 69.0 Å². The van der Waals surface area contributed by atoms with E-state index in [-0.39, 0.29) is 0 Å². The molecule has 0 aliphatic heterocycles. The number of unbranched alkanes of at least 4 members (excludes halogenated alkanes) is 2. The zero-order chi connectivity index (χ0) is 14.7. The summed E-state index contributed by atoms with van der Waals surface area (Å²) < 4.78 is 0. The van der Waals surface area contributed by atoms with Gasteiger partial charge in [0, 0.05) is 0 Å². The summed E-state index contributed by atoms with van der Waals surface area (Å²) in [5.41, 5.74) is 3.16. The van der Waals surface area contributed by atoms with Crippen LogP contribution in [0, 0.1) is 5.92 Å². The summed E-state index contributed by atoms with van der Waals surface area (Å²) in [5.74, 6) is 1.63. The van der Waals surface area contributed by atoms with Crippen LogP contribution in [0.25, 0.3) is 27.6 Å². The Labute approximate surface area is 131 Å². The van der Waals surface area contributed by atoms with Crippen LogP contribution in [0.1, 0.15) is 49.7 Å². The molecule has 2 atom stereocenters. The van der Waals surface area contributed by atoms with Crippen LogP contribution in [-0.4, -0.2) is 0 Å². The fraction of sp³-hybridized carbons (Fsp3) is 0.364. The number of hydrogen-bond acceptors (Lipinski definition) is 0. The van der Waals surface area contributed by atoms with Gasteiger partial charge >= 0.3 is 0 Å². The van der Waals surface area contributed by atoms with E-state index in [1.54, 1.807) is 16.5 Å². The van der Waals surface area contributed by atoms with Crippen LogP contribution >= 0.6 is 0 Å². The first-order valence-electron chi connectivity index (χ1n) is 8.85. The maximum absolute atomic E-state index is 2.52. The molecule has 2 unspecified atom stereocenters. The van der Waals surface area contributed by atoms with Gasteiger partial charge in [-0.3, -0.25) is 0 Å². The van der Waals surface area contributed by atoms with Gasteiger partial charge in [0.05, 0.1) is 0 Å². The van der Waals surface area contributed by atoms with Gasteiger partial charge in [-0.25, -0.2) is 0 Å². The lowest BCUT2D eigenvalue weighted by Crippen LogP contribution is -2.10. The van der Waals surface area contributed by atoms with Gasteiger partial charge in [-0.15, -0.1) is 0 Å². The lowest BCUT2D eigenvalue weighted by molar-refractivity contribution is 0.720. The lowest BCUT2D eigenvalue weighted by Gasteiger charge is -2.16. The van der Waals surface area contributed by atoms with Crippen molar-refractivity contribution in [1.29, 1.82) is 0 Å². The van der Waals surface area contributed by atoms with Crippen LogP contribution in [0.3, 0.4) is 0 Å². The predicted octanol–water partition coefficient (Wildman–Crippen LogP) is 5.34. The minimum atomic E-state index is 0.811. The Morgan fingerprint density at radius 2 is 1.86 bits per heavy atom. The predicted molar refractivity (Wildman–Crippen MR) is 95.2 cm³/mol. The largest absolute Gasteiger partial charge is 0.0729 e. The SMILES string of the molecule is CCCCCc1ccc2ccc3c4c(ccc1c24)=CC1CC31. The van der Waals surface area contributed by atoms with Crippen molar-refractivity contribution < 1.29 is 0 Å². The standard InChI is InChI=1S/C22H22/c1-2-3-4-5-14-6-7-15-8-11-19-20-13-17(20)12-16-9-10-18(14)21(15)22(16)19/h6-12,17,20H,2-5,13H2,1H3. The molecule has 3 aromatic rings. The van der Waals surface area contributed by atoms with Crippen LogP contribution in [0.15, 0.2) is 36.4 Å². The van der Waals surface area contributed by atoms with Gasteiger partial charge in [0.1, 0.15) is 0 Å². The number of benzene rings is 3. The Morgan fingerprint density at radius 3 is 2.77 bits per heavy atom. The highest BCUT2D eigenvalue weighted by Gasteiger charge is 2.39. The van der Waals surface area contributed by atoms with Crippen molar-refractivity contribution in [2.75, 3.05) is 0 Å². The zero-order valence-electron chi connectivity index (χ0n) is 13.2. The molecule has 0 radical (unpaired) electrons. The summed E-state index contributed by atoms with van der Waals surface area (Å²) in [4.78, 5) is 0. The van der Waals surface area contributed by atoms with Crippen LogP contribution in [0.5, 0.6) is 0 Å². The topological polar surface area (TPSA) is 0 Å². The molecule has 2 aliphatic rings. The van der Waals surface area contributed by atoms with Crippen LogP contribution < -0.4 is 5.22 Å². The number of fused-ring (bicyclic) bond motifs is 2. The molecular formula is C22H22. The molecule has 0 bridgehead atoms. The molecule has 2 aliphatic carbocycles. The van der Waals surface area contributed by atoms with E-state index in [1.165, 1.54) is 53.5 Å². The molecule has 0 spiro atoms. The quantitative estimate of drug-likeness (QED) is 0.568. The molecule has 0 aromatic heterocycles. The Morgan fingerprint density at radius 1 is 0.955 bits per heavy atom. The summed E-state index contributed by atoms with van der Waals surface area (Å²) in [6, 6.07) is 14.2. The highest BCUT2D eigenvalue weighted by Crippen LogP contribution is 2.52. The molecule has 0 N–H and O–H groups in total. The minimum Gasteiger partial charge on any atom is -0.0729 e. The summed E-state index contributed by atoms with van der Waals surface area (Å²) in [5, 5.41) is 7.50. The monoisotopic (exact) mass is 286 g/mol. The van der Waals surface area contributed by atoms with Crippen LogP contribution in [0.2, 0.25) is 0 Å². The van der Waals surface area contributed by atoms with E-state index in [4.69, 9.17) is 0 Å². The molecule has 0 heteroatoms. The van der Waals surface area contributed by atoms with E-state index in [1.807, 2.05) is 0 Å². The average Bonchev–Trinajstić information content (AvgIpc) is 3.32. The molecule has 0 saturated heterocycles. The Bertz CT molecular complexity index is 932. The third-order valence-electron chi connectivity index (χ3n) is 5.75. The molecular weight excluding hydrogens is 264 g/mol. The molecule has 22 heavy (non-hydrogen) atoms. The molecule has 0 heterocycles. The van der Waals surface area contributed by atoms with Crippen molar-refractivity contribution in [3.8, 4) is 0 Å². The van der Waals surface area contributed by atoms with Gasteiger partial charge < -0.3 is 0 Å². The lowest BCUT2D eigenvalue weighted by atomic mass is 9.87. The first-order valence-corrected chi connectivity index (χ1v) is 8.85. The highest BCUT2D eigenvalue weighted by atomic mass is 14.4. The van der Waals surface area contributed by atoms with Gasteiger partial charge in [0.25, 0.3) is 0 Å². The van der Waals surface area contributed by atoms with E-state index >= 15 is 0 Å². The minimum absolute atomic E-state index is 0.811. The fourth-order valence-electron chi connectivity index (χ4n) is 4.48. The third-order valence-corrected chi connectivity index (χ3v) is 5.75. The molecule has 5 rings (SSSR count). The van der Waals surface area contributed by atoms with Crippen molar-refractivity contribution in [2.45, 2.75) is 44.9 Å². The zero-order valence-corrected chi connectivity index (χ0v) is 13.2. The average molecular weight is 286 g/mol. The second-order valence-corrected chi connectivity index (χ2v) is 7.18. The van der Waals surface area contributed by atoms with Gasteiger partial charge in [0.15, 0.2) is 0 Å². The second kappa shape index (κ2) is 4.59. The maximum atomic E-state index is 2.52. The van der Waals surface area contributed by atoms with Gasteiger partial charge in [0.2, 0.25) is 0 Å². The molecule has 110 valence electrons. The Hall–Kier alpha value is -1.82. The van der Waals surface area contributed by atoms with Crippen molar-refractivity contribution in [1.82, 2.24) is 0 Å². The molecule has 0 nitrogen and oxygen atoms in total. The fourth-order valence-corrected chi connectivity index (χ4v) is 4.48. The summed E-state index contributed by atoms with van der Waals surface area (Å²) in [6.07, 6.45) is 9.05. The maximum Gasteiger partial charge on any atom is -0.00273 e. The second-order valence-electron chi connectivity index (χ2n) is 7.18. The third kappa shape index (κ3) is 1.70. The van der Waals surface area contributed by atoms with E-state index in [9.17, 15) is 0 Å². The molecule has 0 amide bonds. The van der Waals surface area contributed by atoms with Crippen LogP contribution in [-0.2, 0) is 6.42 Å². The summed E-state index contributed by atoms with van der Waals surface area (Å²) in [7, 11) is 0. The van der Waals surface area contributed by atoms with Crippen molar-refractivity contribution in [2.24, 2.45) is 5.92 Å². The van der Waals surface area contributed by atoms with E-state index in [0.717, 1.165) is 11.8 Å². The first-order chi connectivity index (χ1) is 10.9. The summed E-state index contributed by atoms with van der Waals surface area (Å²) in [6.45, 7) is 2.28. The number of hydrogen-bond donors (Lipinski definition) is 0. The van der Waals surface area contributed by atoms with E-state index in [0.29, 0.717) is 0 Å². The highest BCUT2D eigenvalue weighted by molar-refractivity contribution is 6.13. The molecule has 3 aromatic carbocycles. The van der Waals surface area contributed by atoms with E-state index < -0.39 is 0 Å². The Kier molecular flexibility index (Phi) is 2.65. The normalized spacial score (nSPS) is 21.9. The van der Waals surface area contributed by atoms with Gasteiger partial charge in [-0.2, -0.15) is 0 Å². The molecule has 1 fully saturated rings. The number of aryl methyl sites for hydroxylation is 1. The number of rotatable bonds is 4. The summed E-state index contributed by atoms with van der Waals surface area (Å²) >= 11 is 0. The van der Waals surface area contributed by atoms with Crippen molar-refractivity contribution in [3.05, 3.63) is 52.7 Å². The molecule has 1 saturated carbocycles. The van der Waals surface area contributed by atoms with Gasteiger partial charge in [-0.1, -0.05) is 62.2 Å². The van der Waals surface area contributed by atoms with E-state index in [2.05, 4.69) is 49.4 Å². The Balaban J connectivity index is 1.79. The van der Waals surface area contributed by atoms with Crippen molar-refractivity contribution in [3.63, 3.8) is 0 Å². The first kappa shape index (κ1) is 12.7.